The largest absolute Gasteiger partial charge is 0.352 e. The van der Waals surface area contributed by atoms with E-state index in [1.807, 2.05) is 25.1 Å². The molecule has 0 radical (unpaired) electrons. The van der Waals surface area contributed by atoms with Crippen LogP contribution in [-0.4, -0.2) is 26.7 Å². The standard InChI is InChI=1S/C16H16N4O2/c1-9-2-5-13-11(6-9)12-7-17-20(16(22)15(12)19-13)8-14(21)18-10-3-4-10/h2,5-7,10,19H,3-4,8H2,1H3,(H,18,21). The number of hydrogen-bond donors (Lipinski definition) is 2. The lowest BCUT2D eigenvalue weighted by molar-refractivity contribution is -0.122. The van der Waals surface area contributed by atoms with Crippen LogP contribution in [0.1, 0.15) is 18.4 Å². The number of rotatable bonds is 3. The van der Waals surface area contributed by atoms with Gasteiger partial charge < -0.3 is 10.3 Å². The van der Waals surface area contributed by atoms with Gasteiger partial charge in [-0.05, 0) is 31.9 Å². The number of nitrogens with zero attached hydrogens (tertiary/aromatic N) is 2. The molecule has 0 atom stereocenters. The molecule has 1 fully saturated rings. The van der Waals surface area contributed by atoms with Crippen LogP contribution < -0.4 is 10.9 Å². The van der Waals surface area contributed by atoms with Gasteiger partial charge in [-0.1, -0.05) is 11.6 Å². The first-order valence-electron chi connectivity index (χ1n) is 7.39. The SMILES string of the molecule is Cc1ccc2[nH]c3c(=O)n(CC(=O)NC4CC4)ncc3c2c1. The topological polar surface area (TPSA) is 79.8 Å². The average molecular weight is 296 g/mol. The molecule has 6 nitrogen and oxygen atoms in total. The van der Waals surface area contributed by atoms with Gasteiger partial charge in [0, 0.05) is 22.3 Å². The van der Waals surface area contributed by atoms with Crippen LogP contribution >= 0.6 is 0 Å². The summed E-state index contributed by atoms with van der Waals surface area (Å²) in [5.41, 5.74) is 2.26. The van der Waals surface area contributed by atoms with E-state index in [1.165, 1.54) is 4.68 Å². The second kappa shape index (κ2) is 4.69. The fraction of sp³-hybridized carbons (Fsp3) is 0.312. The number of amides is 1. The van der Waals surface area contributed by atoms with E-state index < -0.39 is 0 Å². The number of carbonyl (C=O) groups is 1. The molecule has 1 amide bonds. The van der Waals surface area contributed by atoms with Crippen molar-refractivity contribution >= 4 is 27.7 Å². The Morgan fingerprint density at radius 2 is 2.23 bits per heavy atom. The molecule has 1 aliphatic rings. The van der Waals surface area contributed by atoms with Crippen LogP contribution in [0.15, 0.2) is 29.2 Å². The zero-order chi connectivity index (χ0) is 15.3. The number of aromatic amines is 1. The number of aryl methyl sites for hydroxylation is 1. The Kier molecular flexibility index (Phi) is 2.79. The molecule has 0 unspecified atom stereocenters. The molecule has 1 aliphatic carbocycles. The second-order valence-corrected chi connectivity index (χ2v) is 5.91. The summed E-state index contributed by atoms with van der Waals surface area (Å²) in [6, 6.07) is 6.25. The molecule has 1 saturated carbocycles. The highest BCUT2D eigenvalue weighted by atomic mass is 16.2. The molecule has 2 aromatic heterocycles. The third-order valence-electron chi connectivity index (χ3n) is 4.00. The van der Waals surface area contributed by atoms with E-state index >= 15 is 0 Å². The van der Waals surface area contributed by atoms with Gasteiger partial charge in [0.05, 0.1) is 6.20 Å². The van der Waals surface area contributed by atoms with Crippen LogP contribution in [0.2, 0.25) is 0 Å². The Morgan fingerprint density at radius 1 is 1.41 bits per heavy atom. The summed E-state index contributed by atoms with van der Waals surface area (Å²) in [6.45, 7) is 1.97. The van der Waals surface area contributed by atoms with Gasteiger partial charge in [0.2, 0.25) is 5.91 Å². The van der Waals surface area contributed by atoms with E-state index in [1.54, 1.807) is 6.20 Å². The van der Waals surface area contributed by atoms with Crippen LogP contribution in [0, 0.1) is 6.92 Å². The summed E-state index contributed by atoms with van der Waals surface area (Å²) in [5, 5.41) is 8.79. The number of H-pyrrole nitrogens is 1. The molecular weight excluding hydrogens is 280 g/mol. The highest BCUT2D eigenvalue weighted by Gasteiger charge is 2.23. The predicted octanol–water partition coefficient (Wildman–Crippen LogP) is 1.46. The normalized spacial score (nSPS) is 14.6. The van der Waals surface area contributed by atoms with Crippen molar-refractivity contribution in [1.29, 1.82) is 0 Å². The van der Waals surface area contributed by atoms with Gasteiger partial charge >= 0.3 is 0 Å². The minimum Gasteiger partial charge on any atom is -0.352 e. The van der Waals surface area contributed by atoms with Crippen molar-refractivity contribution < 1.29 is 4.79 Å². The number of benzene rings is 1. The van der Waals surface area contributed by atoms with E-state index in [0.29, 0.717) is 5.52 Å². The maximum Gasteiger partial charge on any atom is 0.291 e. The van der Waals surface area contributed by atoms with Crippen LogP contribution in [-0.2, 0) is 11.3 Å². The monoisotopic (exact) mass is 296 g/mol. The number of aromatic nitrogens is 3. The van der Waals surface area contributed by atoms with Crippen molar-refractivity contribution in [2.75, 3.05) is 0 Å². The lowest BCUT2D eigenvalue weighted by Crippen LogP contribution is -2.34. The Bertz CT molecular complexity index is 950. The van der Waals surface area contributed by atoms with Gasteiger partial charge in [-0.2, -0.15) is 5.10 Å². The minimum atomic E-state index is -0.266. The van der Waals surface area contributed by atoms with Crippen molar-refractivity contribution in [2.45, 2.75) is 32.4 Å². The molecule has 1 aromatic carbocycles. The Balaban J connectivity index is 1.77. The van der Waals surface area contributed by atoms with Crippen LogP contribution in [0.3, 0.4) is 0 Å². The lowest BCUT2D eigenvalue weighted by Gasteiger charge is -2.05. The second-order valence-electron chi connectivity index (χ2n) is 5.91. The van der Waals surface area contributed by atoms with Gasteiger partial charge in [-0.3, -0.25) is 9.59 Å². The first-order chi connectivity index (χ1) is 10.6. The first-order valence-corrected chi connectivity index (χ1v) is 7.39. The Hall–Kier alpha value is -2.63. The molecule has 112 valence electrons. The molecule has 0 saturated heterocycles. The summed E-state index contributed by atoms with van der Waals surface area (Å²) >= 11 is 0. The summed E-state index contributed by atoms with van der Waals surface area (Å²) in [5.74, 6) is -0.164. The molecule has 22 heavy (non-hydrogen) atoms. The predicted molar refractivity (Wildman–Crippen MR) is 83.8 cm³/mol. The third-order valence-corrected chi connectivity index (χ3v) is 4.00. The molecule has 6 heteroatoms. The van der Waals surface area contributed by atoms with Crippen LogP contribution in [0.4, 0.5) is 0 Å². The van der Waals surface area contributed by atoms with Crippen molar-refractivity contribution in [3.8, 4) is 0 Å². The number of carbonyl (C=O) groups excluding carboxylic acids is 1. The summed E-state index contributed by atoms with van der Waals surface area (Å²) in [4.78, 5) is 27.5. The number of hydrogen-bond acceptors (Lipinski definition) is 3. The fourth-order valence-electron chi connectivity index (χ4n) is 2.69. The maximum absolute atomic E-state index is 12.5. The highest BCUT2D eigenvalue weighted by Crippen LogP contribution is 2.23. The molecule has 0 spiro atoms. The van der Waals surface area contributed by atoms with Crippen LogP contribution in [0.5, 0.6) is 0 Å². The van der Waals surface area contributed by atoms with Gasteiger partial charge in [0.15, 0.2) is 0 Å². The van der Waals surface area contributed by atoms with Crippen LogP contribution in [0.25, 0.3) is 21.8 Å². The van der Waals surface area contributed by atoms with Gasteiger partial charge in [0.1, 0.15) is 12.1 Å². The van der Waals surface area contributed by atoms with Gasteiger partial charge in [-0.15, -0.1) is 0 Å². The lowest BCUT2D eigenvalue weighted by atomic mass is 10.1. The first kappa shape index (κ1) is 13.1. The van der Waals surface area contributed by atoms with Crippen molar-refractivity contribution in [3.05, 3.63) is 40.3 Å². The van der Waals surface area contributed by atoms with Crippen molar-refractivity contribution in [3.63, 3.8) is 0 Å². The highest BCUT2D eigenvalue weighted by molar-refractivity contribution is 6.06. The average Bonchev–Trinajstić information content (AvgIpc) is 3.21. The maximum atomic E-state index is 12.5. The summed E-state index contributed by atoms with van der Waals surface area (Å²) in [7, 11) is 0. The Morgan fingerprint density at radius 3 is 3.00 bits per heavy atom. The molecule has 3 aromatic rings. The zero-order valence-electron chi connectivity index (χ0n) is 12.2. The van der Waals surface area contributed by atoms with E-state index in [2.05, 4.69) is 15.4 Å². The summed E-state index contributed by atoms with van der Waals surface area (Å²) < 4.78 is 1.21. The Labute approximate surface area is 126 Å². The molecule has 0 aliphatic heterocycles. The molecular formula is C16H16N4O2. The molecule has 0 bridgehead atoms. The fourth-order valence-corrected chi connectivity index (χ4v) is 2.69. The number of fused-ring (bicyclic) bond motifs is 3. The minimum absolute atomic E-state index is 0.0420. The molecule has 4 rings (SSSR count). The van der Waals surface area contributed by atoms with Crippen molar-refractivity contribution in [2.24, 2.45) is 0 Å². The number of nitrogens with one attached hydrogen (secondary N) is 2. The molecule has 2 N–H and O–H groups in total. The zero-order valence-corrected chi connectivity index (χ0v) is 12.2. The summed E-state index contributed by atoms with van der Waals surface area (Å²) in [6.07, 6.45) is 3.70. The van der Waals surface area contributed by atoms with Gasteiger partial charge in [0.25, 0.3) is 5.56 Å². The molecule has 2 heterocycles. The van der Waals surface area contributed by atoms with Crippen molar-refractivity contribution in [1.82, 2.24) is 20.1 Å². The van der Waals surface area contributed by atoms with E-state index in [9.17, 15) is 9.59 Å². The van der Waals surface area contributed by atoms with Gasteiger partial charge in [-0.25, -0.2) is 4.68 Å². The quantitative estimate of drug-likeness (QED) is 0.768. The van der Waals surface area contributed by atoms with E-state index in [4.69, 9.17) is 0 Å². The third kappa shape index (κ3) is 2.16. The van der Waals surface area contributed by atoms with E-state index in [-0.39, 0.29) is 24.1 Å². The van der Waals surface area contributed by atoms with E-state index in [0.717, 1.165) is 34.7 Å². The smallest absolute Gasteiger partial charge is 0.291 e.